The van der Waals surface area contributed by atoms with Gasteiger partial charge in [-0.3, -0.25) is 4.98 Å². The van der Waals surface area contributed by atoms with Crippen molar-refractivity contribution in [2.24, 2.45) is 5.92 Å². The molecule has 0 saturated heterocycles. The molecule has 4 heteroatoms. The molecule has 3 N–H and O–H groups in total. The first-order valence-corrected chi connectivity index (χ1v) is 9.51. The van der Waals surface area contributed by atoms with Gasteiger partial charge in [-0.2, -0.15) is 0 Å². The molecule has 1 atom stereocenters. The molecule has 0 radical (unpaired) electrons. The number of rotatable bonds is 9. The van der Waals surface area contributed by atoms with Crippen molar-refractivity contribution in [3.63, 3.8) is 0 Å². The highest BCUT2D eigenvalue weighted by Gasteiger charge is 2.17. The Kier molecular flexibility index (Phi) is 8.18. The van der Waals surface area contributed by atoms with Crippen molar-refractivity contribution >= 4 is 11.6 Å². The maximum absolute atomic E-state index is 10.7. The zero-order valence-corrected chi connectivity index (χ0v) is 16.5. The predicted octanol–water partition coefficient (Wildman–Crippen LogP) is 4.60. The summed E-state index contributed by atoms with van der Waals surface area (Å²) in [6.07, 6.45) is 5.77. The molecule has 0 aliphatic rings. The topological polar surface area (TPSA) is 73.6 Å². The summed E-state index contributed by atoms with van der Waals surface area (Å²) < 4.78 is 0. The molecule has 0 spiro atoms. The minimum absolute atomic E-state index is 0.130. The molecule has 148 valence electrons. The molecule has 1 aromatic carbocycles. The zero-order chi connectivity index (χ0) is 20.5. The highest BCUT2D eigenvalue weighted by atomic mass is 16.3. The predicted molar refractivity (Wildman–Crippen MR) is 115 cm³/mol. The average Bonchev–Trinajstić information content (AvgIpc) is 2.70. The Labute approximate surface area is 167 Å². The molecule has 0 fully saturated rings. The van der Waals surface area contributed by atoms with Crippen LogP contribution in [0.3, 0.4) is 0 Å². The van der Waals surface area contributed by atoms with Crippen LogP contribution in [0.2, 0.25) is 0 Å². The Morgan fingerprint density at radius 2 is 1.86 bits per heavy atom. The van der Waals surface area contributed by atoms with Crippen LogP contribution in [0, 0.1) is 5.92 Å². The van der Waals surface area contributed by atoms with Gasteiger partial charge < -0.3 is 15.3 Å². The number of hydrogen-bond acceptors (Lipinski definition) is 4. The van der Waals surface area contributed by atoms with Crippen molar-refractivity contribution in [1.82, 2.24) is 4.98 Å². The van der Waals surface area contributed by atoms with Gasteiger partial charge in [-0.15, -0.1) is 0 Å². The Bertz CT molecular complexity index is 821. The van der Waals surface area contributed by atoms with Crippen LogP contribution >= 0.6 is 0 Å². The number of pyridine rings is 1. The van der Waals surface area contributed by atoms with E-state index in [9.17, 15) is 15.3 Å². The highest BCUT2D eigenvalue weighted by molar-refractivity contribution is 5.80. The van der Waals surface area contributed by atoms with E-state index < -0.39 is 6.10 Å². The molecule has 28 heavy (non-hydrogen) atoms. The second-order valence-electron chi connectivity index (χ2n) is 7.05. The van der Waals surface area contributed by atoms with Crippen LogP contribution in [0.5, 0.6) is 5.75 Å². The summed E-state index contributed by atoms with van der Waals surface area (Å²) >= 11 is 0. The van der Waals surface area contributed by atoms with Crippen LogP contribution in [0.25, 0.3) is 11.6 Å². The van der Waals surface area contributed by atoms with E-state index in [-0.39, 0.29) is 18.3 Å². The van der Waals surface area contributed by atoms with Gasteiger partial charge >= 0.3 is 0 Å². The summed E-state index contributed by atoms with van der Waals surface area (Å²) in [7, 11) is 0. The first-order valence-electron chi connectivity index (χ1n) is 9.51. The minimum atomic E-state index is -0.714. The Morgan fingerprint density at radius 1 is 1.14 bits per heavy atom. The first kappa shape index (κ1) is 21.6. The summed E-state index contributed by atoms with van der Waals surface area (Å²) in [6.45, 7) is 7.97. The van der Waals surface area contributed by atoms with Crippen LogP contribution in [0.15, 0.2) is 72.5 Å². The third kappa shape index (κ3) is 6.19. The number of hydrogen-bond donors (Lipinski definition) is 3. The lowest BCUT2D eigenvalue weighted by Gasteiger charge is -2.20. The van der Waals surface area contributed by atoms with E-state index in [0.29, 0.717) is 18.4 Å². The fourth-order valence-electron chi connectivity index (χ4n) is 2.96. The third-order valence-corrected chi connectivity index (χ3v) is 4.65. The number of aromatic hydroxyl groups is 1. The molecule has 2 aromatic rings. The summed E-state index contributed by atoms with van der Waals surface area (Å²) in [4.78, 5) is 4.44. The van der Waals surface area contributed by atoms with E-state index in [1.54, 1.807) is 24.4 Å². The van der Waals surface area contributed by atoms with Gasteiger partial charge in [-0.05, 0) is 71.4 Å². The van der Waals surface area contributed by atoms with Crippen LogP contribution in [-0.2, 0) is 0 Å². The van der Waals surface area contributed by atoms with E-state index in [0.717, 1.165) is 22.4 Å². The molecular formula is C24H29NO3. The number of aliphatic hydroxyl groups is 2. The summed E-state index contributed by atoms with van der Waals surface area (Å²) in [6, 6.07) is 12.7. The molecule has 1 aromatic heterocycles. The second-order valence-corrected chi connectivity index (χ2v) is 7.05. The van der Waals surface area contributed by atoms with Gasteiger partial charge in [-0.1, -0.05) is 44.7 Å². The minimum Gasteiger partial charge on any atom is -0.508 e. The van der Waals surface area contributed by atoms with Crippen LogP contribution < -0.4 is 0 Å². The Balaban J connectivity index is 2.24. The number of phenols is 1. The van der Waals surface area contributed by atoms with Crippen molar-refractivity contribution in [1.29, 1.82) is 0 Å². The normalized spacial score (nSPS) is 13.6. The summed E-state index contributed by atoms with van der Waals surface area (Å²) in [5, 5.41) is 29.5. The first-order chi connectivity index (χ1) is 13.4. The van der Waals surface area contributed by atoms with Gasteiger partial charge in [0.05, 0.1) is 18.4 Å². The average molecular weight is 380 g/mol. The monoisotopic (exact) mass is 379 g/mol. The fourth-order valence-corrected chi connectivity index (χ4v) is 2.96. The van der Waals surface area contributed by atoms with E-state index in [1.807, 2.05) is 50.3 Å². The Hall–Kier alpha value is -2.69. The maximum atomic E-state index is 10.7. The maximum Gasteiger partial charge on any atom is 0.115 e. The lowest BCUT2D eigenvalue weighted by Crippen LogP contribution is -2.15. The standard InChI is InChI=1S/C24H29NO3/c1-17(2)18(3)22(13-15-26)24(28)12-9-20(23-6-4-5-14-25-23)16-19-7-10-21(27)11-8-19/h4-8,10-11,13-14,16-17,24,26-28H,3,9,12,15H2,1-2H3/b20-16-,22-13-. The molecule has 0 amide bonds. The van der Waals surface area contributed by atoms with Crippen molar-refractivity contribution in [2.45, 2.75) is 32.8 Å². The van der Waals surface area contributed by atoms with E-state index in [2.05, 4.69) is 11.6 Å². The van der Waals surface area contributed by atoms with E-state index in [1.165, 1.54) is 0 Å². The van der Waals surface area contributed by atoms with Gasteiger partial charge in [0, 0.05) is 6.20 Å². The van der Waals surface area contributed by atoms with Crippen LogP contribution in [-0.4, -0.2) is 33.0 Å². The zero-order valence-electron chi connectivity index (χ0n) is 16.5. The molecule has 1 heterocycles. The van der Waals surface area contributed by atoms with Crippen LogP contribution in [0.1, 0.15) is 37.9 Å². The Morgan fingerprint density at radius 3 is 2.43 bits per heavy atom. The second kappa shape index (κ2) is 10.6. The largest absolute Gasteiger partial charge is 0.508 e. The molecule has 0 aliphatic heterocycles. The number of aromatic nitrogens is 1. The van der Waals surface area contributed by atoms with Gasteiger partial charge in [0.25, 0.3) is 0 Å². The van der Waals surface area contributed by atoms with E-state index >= 15 is 0 Å². The molecule has 2 rings (SSSR count). The van der Waals surface area contributed by atoms with Crippen molar-refractivity contribution < 1.29 is 15.3 Å². The number of benzene rings is 1. The summed E-state index contributed by atoms with van der Waals surface area (Å²) in [5.41, 5.74) is 4.32. The van der Waals surface area contributed by atoms with Crippen molar-refractivity contribution in [3.8, 4) is 5.75 Å². The highest BCUT2D eigenvalue weighted by Crippen LogP contribution is 2.27. The lowest BCUT2D eigenvalue weighted by molar-refractivity contribution is 0.201. The smallest absolute Gasteiger partial charge is 0.115 e. The van der Waals surface area contributed by atoms with Gasteiger partial charge in [0.15, 0.2) is 0 Å². The quantitative estimate of drug-likeness (QED) is 0.557. The molecular weight excluding hydrogens is 350 g/mol. The lowest BCUT2D eigenvalue weighted by atomic mass is 9.89. The van der Waals surface area contributed by atoms with Gasteiger partial charge in [0.2, 0.25) is 0 Å². The van der Waals surface area contributed by atoms with Gasteiger partial charge in [0.1, 0.15) is 5.75 Å². The SMILES string of the molecule is C=C(/C(=C/CO)C(O)CC/C(=C/c1ccc(O)cc1)c1ccccn1)C(C)C. The van der Waals surface area contributed by atoms with Gasteiger partial charge in [-0.25, -0.2) is 0 Å². The summed E-state index contributed by atoms with van der Waals surface area (Å²) in [5.74, 6) is 0.410. The van der Waals surface area contributed by atoms with Crippen LogP contribution in [0.4, 0.5) is 0 Å². The van der Waals surface area contributed by atoms with E-state index in [4.69, 9.17) is 0 Å². The fraction of sp³-hybridized carbons (Fsp3) is 0.292. The van der Waals surface area contributed by atoms with Crippen molar-refractivity contribution in [2.75, 3.05) is 6.61 Å². The van der Waals surface area contributed by atoms with Crippen molar-refractivity contribution in [3.05, 3.63) is 83.7 Å². The third-order valence-electron chi connectivity index (χ3n) is 4.65. The molecule has 0 bridgehead atoms. The molecule has 0 saturated carbocycles. The molecule has 1 unspecified atom stereocenters. The molecule has 0 aliphatic carbocycles. The number of aliphatic hydroxyl groups excluding tert-OH is 2. The molecule has 4 nitrogen and oxygen atoms in total. The number of allylic oxidation sites excluding steroid dienone is 1. The number of phenolic OH excluding ortho intramolecular Hbond substituents is 1. The number of nitrogens with zero attached hydrogens (tertiary/aromatic N) is 1.